The van der Waals surface area contributed by atoms with E-state index in [1.807, 2.05) is 0 Å². The molecule has 0 atom stereocenters. The minimum atomic E-state index is -4.41. The molecule has 1 aromatic heterocycles. The fourth-order valence-electron chi connectivity index (χ4n) is 2.68. The Morgan fingerprint density at radius 2 is 1.80 bits per heavy atom. The van der Waals surface area contributed by atoms with Gasteiger partial charge in [0, 0.05) is 43.8 Å². The average molecular weight is 351 g/mol. The number of benzene rings is 1. The molecule has 0 bridgehead atoms. The van der Waals surface area contributed by atoms with E-state index in [-0.39, 0.29) is 17.6 Å². The molecule has 2 heterocycles. The lowest BCUT2D eigenvalue weighted by Gasteiger charge is -2.32. The SMILES string of the molecule is O=C(c1ccc(C(F)(F)F)cc1)N1CCC(Oc2cccnn2)CC1. The van der Waals surface area contributed by atoms with Gasteiger partial charge in [-0.25, -0.2) is 0 Å². The van der Waals surface area contributed by atoms with Crippen molar-refractivity contribution in [1.29, 1.82) is 0 Å². The lowest BCUT2D eigenvalue weighted by molar-refractivity contribution is -0.137. The molecule has 1 amide bonds. The Bertz CT molecular complexity index is 712. The molecule has 132 valence electrons. The molecule has 1 saturated heterocycles. The molecule has 0 unspecified atom stereocenters. The van der Waals surface area contributed by atoms with Crippen LogP contribution in [0.5, 0.6) is 5.88 Å². The van der Waals surface area contributed by atoms with E-state index in [0.29, 0.717) is 31.8 Å². The highest BCUT2D eigenvalue weighted by Crippen LogP contribution is 2.29. The minimum absolute atomic E-state index is 0.0617. The Morgan fingerprint density at radius 3 is 2.36 bits per heavy atom. The maximum absolute atomic E-state index is 12.6. The lowest BCUT2D eigenvalue weighted by Crippen LogP contribution is -2.41. The molecule has 3 rings (SSSR count). The molecule has 2 aromatic rings. The highest BCUT2D eigenvalue weighted by molar-refractivity contribution is 5.94. The van der Waals surface area contributed by atoms with Gasteiger partial charge in [-0.3, -0.25) is 4.79 Å². The zero-order chi connectivity index (χ0) is 17.9. The van der Waals surface area contributed by atoms with E-state index >= 15 is 0 Å². The standard InChI is InChI=1S/C17H16F3N3O2/c18-17(19,20)13-5-3-12(4-6-13)16(24)23-10-7-14(8-11-23)25-15-2-1-9-21-22-15/h1-6,9,14H,7-8,10-11H2. The van der Waals surface area contributed by atoms with Gasteiger partial charge < -0.3 is 9.64 Å². The number of nitrogens with zero attached hydrogens (tertiary/aromatic N) is 3. The van der Waals surface area contributed by atoms with Gasteiger partial charge in [0.05, 0.1) is 5.56 Å². The van der Waals surface area contributed by atoms with Crippen LogP contribution in [0.4, 0.5) is 13.2 Å². The molecular weight excluding hydrogens is 335 g/mol. The lowest BCUT2D eigenvalue weighted by atomic mass is 10.1. The van der Waals surface area contributed by atoms with Crippen LogP contribution >= 0.6 is 0 Å². The van der Waals surface area contributed by atoms with Crippen molar-refractivity contribution in [2.24, 2.45) is 0 Å². The monoisotopic (exact) mass is 351 g/mol. The Morgan fingerprint density at radius 1 is 1.12 bits per heavy atom. The fourth-order valence-corrected chi connectivity index (χ4v) is 2.68. The molecular formula is C17H16F3N3O2. The number of rotatable bonds is 3. The van der Waals surface area contributed by atoms with Crippen LogP contribution in [0.2, 0.25) is 0 Å². The van der Waals surface area contributed by atoms with Crippen molar-refractivity contribution in [2.45, 2.75) is 25.1 Å². The smallest absolute Gasteiger partial charge is 0.416 e. The number of hydrogen-bond donors (Lipinski definition) is 0. The summed E-state index contributed by atoms with van der Waals surface area (Å²) in [6, 6.07) is 7.73. The molecule has 0 saturated carbocycles. The summed E-state index contributed by atoms with van der Waals surface area (Å²) >= 11 is 0. The van der Waals surface area contributed by atoms with E-state index in [2.05, 4.69) is 10.2 Å². The first-order chi connectivity index (χ1) is 11.9. The minimum Gasteiger partial charge on any atom is -0.473 e. The number of ether oxygens (including phenoxy) is 1. The van der Waals surface area contributed by atoms with Crippen molar-refractivity contribution >= 4 is 5.91 Å². The highest BCUT2D eigenvalue weighted by Gasteiger charge is 2.31. The van der Waals surface area contributed by atoms with Crippen LogP contribution in [0.25, 0.3) is 0 Å². The predicted molar refractivity (Wildman–Crippen MR) is 83.0 cm³/mol. The van der Waals surface area contributed by atoms with Crippen LogP contribution in [0, 0.1) is 0 Å². The predicted octanol–water partition coefficient (Wildman–Crippen LogP) is 3.18. The Kier molecular flexibility index (Phi) is 4.87. The molecule has 25 heavy (non-hydrogen) atoms. The van der Waals surface area contributed by atoms with Crippen molar-refractivity contribution in [3.05, 3.63) is 53.7 Å². The molecule has 1 aromatic carbocycles. The summed E-state index contributed by atoms with van der Waals surface area (Å²) in [5.41, 5.74) is -0.513. The molecule has 8 heteroatoms. The van der Waals surface area contributed by atoms with Crippen LogP contribution in [0.1, 0.15) is 28.8 Å². The van der Waals surface area contributed by atoms with Gasteiger partial charge in [-0.1, -0.05) is 0 Å². The average Bonchev–Trinajstić information content (AvgIpc) is 2.62. The number of carbonyl (C=O) groups is 1. The number of alkyl halides is 3. The Hall–Kier alpha value is -2.64. The van der Waals surface area contributed by atoms with Gasteiger partial charge in [-0.05, 0) is 30.3 Å². The van der Waals surface area contributed by atoms with E-state index < -0.39 is 11.7 Å². The zero-order valence-electron chi connectivity index (χ0n) is 13.2. The van der Waals surface area contributed by atoms with Crippen LogP contribution in [0.3, 0.4) is 0 Å². The van der Waals surface area contributed by atoms with Gasteiger partial charge in [0.25, 0.3) is 5.91 Å². The number of piperidine rings is 1. The van der Waals surface area contributed by atoms with Gasteiger partial charge in [-0.15, -0.1) is 5.10 Å². The number of amides is 1. The largest absolute Gasteiger partial charge is 0.473 e. The van der Waals surface area contributed by atoms with Crippen molar-refractivity contribution in [3.8, 4) is 5.88 Å². The van der Waals surface area contributed by atoms with E-state index in [1.54, 1.807) is 23.2 Å². The van der Waals surface area contributed by atoms with Crippen molar-refractivity contribution < 1.29 is 22.7 Å². The summed E-state index contributed by atoms with van der Waals surface area (Å²) in [6.45, 7) is 0.954. The molecule has 1 fully saturated rings. The van der Waals surface area contributed by atoms with Crippen LogP contribution in [-0.4, -0.2) is 40.2 Å². The number of hydrogen-bond acceptors (Lipinski definition) is 4. The van der Waals surface area contributed by atoms with Gasteiger partial charge in [0.2, 0.25) is 5.88 Å². The Labute approximate surface area is 142 Å². The van der Waals surface area contributed by atoms with Crippen molar-refractivity contribution in [1.82, 2.24) is 15.1 Å². The normalized spacial score (nSPS) is 15.9. The number of likely N-dealkylation sites (tertiary alicyclic amines) is 1. The van der Waals surface area contributed by atoms with Crippen molar-refractivity contribution in [2.75, 3.05) is 13.1 Å². The van der Waals surface area contributed by atoms with Crippen LogP contribution < -0.4 is 4.74 Å². The second-order valence-electron chi connectivity index (χ2n) is 5.75. The summed E-state index contributed by atoms with van der Waals surface area (Å²) in [7, 11) is 0. The fraction of sp³-hybridized carbons (Fsp3) is 0.353. The second-order valence-corrected chi connectivity index (χ2v) is 5.75. The second kappa shape index (κ2) is 7.08. The maximum atomic E-state index is 12.6. The van der Waals surface area contributed by atoms with Gasteiger partial charge in [0.1, 0.15) is 6.10 Å². The molecule has 0 N–H and O–H groups in total. The van der Waals surface area contributed by atoms with Gasteiger partial charge in [-0.2, -0.15) is 18.3 Å². The molecule has 1 aliphatic heterocycles. The molecule has 0 radical (unpaired) electrons. The summed E-state index contributed by atoms with van der Waals surface area (Å²) < 4.78 is 43.4. The number of carbonyl (C=O) groups excluding carboxylic acids is 1. The highest BCUT2D eigenvalue weighted by atomic mass is 19.4. The summed E-state index contributed by atoms with van der Waals surface area (Å²) in [5, 5.41) is 7.60. The van der Waals surface area contributed by atoms with Crippen LogP contribution in [-0.2, 0) is 6.18 Å². The van der Waals surface area contributed by atoms with E-state index in [1.165, 1.54) is 12.1 Å². The third kappa shape index (κ3) is 4.26. The first-order valence-corrected chi connectivity index (χ1v) is 7.84. The first-order valence-electron chi connectivity index (χ1n) is 7.84. The number of aromatic nitrogens is 2. The summed E-state index contributed by atoms with van der Waals surface area (Å²) in [5.74, 6) is 0.168. The van der Waals surface area contributed by atoms with Crippen LogP contribution in [0.15, 0.2) is 42.6 Å². The molecule has 5 nitrogen and oxygen atoms in total. The topological polar surface area (TPSA) is 55.3 Å². The van der Waals surface area contributed by atoms with Crippen molar-refractivity contribution in [3.63, 3.8) is 0 Å². The van der Waals surface area contributed by atoms with Gasteiger partial charge >= 0.3 is 6.18 Å². The quantitative estimate of drug-likeness (QED) is 0.852. The number of halogens is 3. The summed E-state index contributed by atoms with van der Waals surface area (Å²) in [4.78, 5) is 14.0. The van der Waals surface area contributed by atoms with Gasteiger partial charge in [0.15, 0.2) is 0 Å². The Balaban J connectivity index is 1.56. The maximum Gasteiger partial charge on any atom is 0.416 e. The first kappa shape index (κ1) is 17.2. The molecule has 1 aliphatic rings. The zero-order valence-corrected chi connectivity index (χ0v) is 13.2. The third-order valence-electron chi connectivity index (χ3n) is 4.02. The van der Waals surface area contributed by atoms with E-state index in [4.69, 9.17) is 4.74 Å². The molecule has 0 spiro atoms. The molecule has 0 aliphatic carbocycles. The van der Waals surface area contributed by atoms with E-state index in [9.17, 15) is 18.0 Å². The third-order valence-corrected chi connectivity index (χ3v) is 4.02. The van der Waals surface area contributed by atoms with E-state index in [0.717, 1.165) is 12.1 Å². The summed E-state index contributed by atoms with van der Waals surface area (Å²) in [6.07, 6.45) is -1.66.